The Labute approximate surface area is 161 Å². The Bertz CT molecular complexity index is 823. The van der Waals surface area contributed by atoms with Gasteiger partial charge in [-0.3, -0.25) is 0 Å². The van der Waals surface area contributed by atoms with Crippen molar-refractivity contribution in [2.45, 2.75) is 38.6 Å². The summed E-state index contributed by atoms with van der Waals surface area (Å²) in [5, 5.41) is 0. The second-order valence-corrected chi connectivity index (χ2v) is 8.92. The van der Waals surface area contributed by atoms with Crippen LogP contribution in [0.25, 0.3) is 0 Å². The molecular weight excluding hydrogens is 362 g/mol. The van der Waals surface area contributed by atoms with Crippen LogP contribution in [0.5, 0.6) is 17.2 Å². The van der Waals surface area contributed by atoms with Gasteiger partial charge in [-0.2, -0.15) is 0 Å². The first kappa shape index (κ1) is 19.7. The van der Waals surface area contributed by atoms with Crippen LogP contribution in [-0.2, 0) is 10.0 Å². The number of hydrogen-bond donors (Lipinski definition) is 1. The molecule has 2 aromatic carbocycles. The predicted molar refractivity (Wildman–Crippen MR) is 107 cm³/mol. The highest BCUT2D eigenvalue weighted by Crippen LogP contribution is 2.28. The largest absolute Gasteiger partial charge is 0.493 e. The van der Waals surface area contributed by atoms with E-state index in [1.807, 2.05) is 54.6 Å². The molecule has 1 aliphatic carbocycles. The van der Waals surface area contributed by atoms with E-state index in [0.717, 1.165) is 37.2 Å². The Balaban J connectivity index is 1.60. The molecule has 1 saturated carbocycles. The van der Waals surface area contributed by atoms with Crippen LogP contribution in [0.3, 0.4) is 0 Å². The molecule has 0 unspecified atom stereocenters. The van der Waals surface area contributed by atoms with E-state index < -0.39 is 10.0 Å². The predicted octanol–water partition coefficient (Wildman–Crippen LogP) is 4.36. The van der Waals surface area contributed by atoms with E-state index in [-0.39, 0.29) is 17.7 Å². The van der Waals surface area contributed by atoms with Gasteiger partial charge >= 0.3 is 0 Å². The molecule has 5 nitrogen and oxygen atoms in total. The summed E-state index contributed by atoms with van der Waals surface area (Å²) >= 11 is 0. The van der Waals surface area contributed by atoms with Crippen molar-refractivity contribution < 1.29 is 17.9 Å². The molecule has 2 aromatic rings. The molecule has 27 heavy (non-hydrogen) atoms. The van der Waals surface area contributed by atoms with E-state index in [4.69, 9.17) is 9.47 Å². The van der Waals surface area contributed by atoms with E-state index in [9.17, 15) is 8.42 Å². The minimum Gasteiger partial charge on any atom is -0.493 e. The van der Waals surface area contributed by atoms with Gasteiger partial charge in [0.25, 0.3) is 0 Å². The number of ether oxygens (including phenoxy) is 2. The minimum atomic E-state index is -3.20. The topological polar surface area (TPSA) is 64.6 Å². The molecule has 0 amide bonds. The van der Waals surface area contributed by atoms with Crippen molar-refractivity contribution in [2.24, 2.45) is 5.92 Å². The summed E-state index contributed by atoms with van der Waals surface area (Å²) in [4.78, 5) is 0. The zero-order valence-corrected chi connectivity index (χ0v) is 16.5. The highest BCUT2D eigenvalue weighted by Gasteiger charge is 2.28. The van der Waals surface area contributed by atoms with Gasteiger partial charge in [0.2, 0.25) is 10.0 Å². The van der Waals surface area contributed by atoms with E-state index in [1.54, 1.807) is 6.92 Å². The maximum atomic E-state index is 11.9. The van der Waals surface area contributed by atoms with Crippen molar-refractivity contribution in [3.05, 3.63) is 54.6 Å². The van der Waals surface area contributed by atoms with Crippen molar-refractivity contribution >= 4 is 10.0 Å². The second-order valence-electron chi connectivity index (χ2n) is 6.87. The van der Waals surface area contributed by atoms with Crippen LogP contribution < -0.4 is 14.2 Å². The van der Waals surface area contributed by atoms with Crippen molar-refractivity contribution in [3.63, 3.8) is 0 Å². The molecule has 146 valence electrons. The monoisotopic (exact) mass is 389 g/mol. The summed E-state index contributed by atoms with van der Waals surface area (Å²) in [6.45, 7) is 2.15. The highest BCUT2D eigenvalue weighted by atomic mass is 32.2. The summed E-state index contributed by atoms with van der Waals surface area (Å²) in [7, 11) is -3.20. The number of benzene rings is 2. The fourth-order valence-corrected chi connectivity index (χ4v) is 4.27. The van der Waals surface area contributed by atoms with E-state index in [2.05, 4.69) is 4.72 Å². The van der Waals surface area contributed by atoms with Gasteiger partial charge in [0.1, 0.15) is 17.2 Å². The average molecular weight is 390 g/mol. The van der Waals surface area contributed by atoms with Gasteiger partial charge in [-0.05, 0) is 44.0 Å². The van der Waals surface area contributed by atoms with Crippen molar-refractivity contribution in [2.75, 3.05) is 12.4 Å². The first-order valence-corrected chi connectivity index (χ1v) is 11.2. The molecule has 0 aliphatic heterocycles. The first-order chi connectivity index (χ1) is 13.1. The molecule has 3 rings (SSSR count). The van der Waals surface area contributed by atoms with Crippen molar-refractivity contribution in [1.82, 2.24) is 4.72 Å². The van der Waals surface area contributed by atoms with E-state index in [0.29, 0.717) is 12.4 Å². The smallest absolute Gasteiger partial charge is 0.211 e. The number of para-hydroxylation sites is 1. The van der Waals surface area contributed by atoms with Crippen LogP contribution >= 0.6 is 0 Å². The van der Waals surface area contributed by atoms with Gasteiger partial charge in [-0.15, -0.1) is 0 Å². The lowest BCUT2D eigenvalue weighted by molar-refractivity contribution is 0.180. The second kappa shape index (κ2) is 9.24. The lowest BCUT2D eigenvalue weighted by Gasteiger charge is -2.31. The summed E-state index contributed by atoms with van der Waals surface area (Å²) in [6.07, 6.45) is 3.99. The Morgan fingerprint density at radius 3 is 2.44 bits per heavy atom. The van der Waals surface area contributed by atoms with E-state index in [1.165, 1.54) is 0 Å². The fourth-order valence-electron chi connectivity index (χ4n) is 3.33. The van der Waals surface area contributed by atoms with Crippen LogP contribution in [-0.4, -0.2) is 26.8 Å². The average Bonchev–Trinajstić information content (AvgIpc) is 2.68. The van der Waals surface area contributed by atoms with Gasteiger partial charge in [-0.1, -0.05) is 37.1 Å². The summed E-state index contributed by atoms with van der Waals surface area (Å²) in [5.74, 6) is 2.50. The SMILES string of the molecule is CCS(=O)(=O)N[C@@H]1CCCC[C@H]1COc1cccc(Oc2ccccc2)c1. The number of nitrogens with one attached hydrogen (secondary N) is 1. The van der Waals surface area contributed by atoms with E-state index >= 15 is 0 Å². The van der Waals surface area contributed by atoms with Crippen LogP contribution in [0.1, 0.15) is 32.6 Å². The number of rotatable bonds is 8. The summed E-state index contributed by atoms with van der Waals surface area (Å²) < 4.78 is 38.5. The summed E-state index contributed by atoms with van der Waals surface area (Å²) in [6, 6.07) is 17.1. The lowest BCUT2D eigenvalue weighted by atomic mass is 9.86. The number of sulfonamides is 1. The molecule has 6 heteroatoms. The highest BCUT2D eigenvalue weighted by molar-refractivity contribution is 7.89. The van der Waals surface area contributed by atoms with Crippen molar-refractivity contribution in [3.8, 4) is 17.2 Å². The van der Waals surface area contributed by atoms with Crippen LogP contribution in [0.15, 0.2) is 54.6 Å². The minimum absolute atomic E-state index is 0.0487. The third kappa shape index (κ3) is 5.97. The van der Waals surface area contributed by atoms with Crippen molar-refractivity contribution in [1.29, 1.82) is 0 Å². The standard InChI is InChI=1S/C21H27NO4S/c1-2-27(23,24)22-21-14-7-6-9-17(21)16-25-19-12-8-13-20(15-19)26-18-10-4-3-5-11-18/h3-5,8,10-13,15,17,21-22H,2,6-7,9,14,16H2,1H3/t17-,21+/m0/s1. The molecule has 0 aromatic heterocycles. The van der Waals surface area contributed by atoms with Gasteiger partial charge in [0, 0.05) is 18.0 Å². The third-order valence-electron chi connectivity index (χ3n) is 4.87. The van der Waals surface area contributed by atoms with Gasteiger partial charge in [-0.25, -0.2) is 13.1 Å². The molecular formula is C21H27NO4S. The molecule has 1 aliphatic rings. The zero-order chi connectivity index (χ0) is 19.1. The lowest BCUT2D eigenvalue weighted by Crippen LogP contribution is -2.44. The third-order valence-corrected chi connectivity index (χ3v) is 6.29. The van der Waals surface area contributed by atoms with Crippen LogP contribution in [0.2, 0.25) is 0 Å². The van der Waals surface area contributed by atoms with Crippen LogP contribution in [0, 0.1) is 5.92 Å². The summed E-state index contributed by atoms with van der Waals surface area (Å²) in [5.41, 5.74) is 0. The normalized spacial score (nSPS) is 20.2. The fraction of sp³-hybridized carbons (Fsp3) is 0.429. The Morgan fingerprint density at radius 2 is 1.67 bits per heavy atom. The number of hydrogen-bond acceptors (Lipinski definition) is 4. The molecule has 0 radical (unpaired) electrons. The molecule has 1 N–H and O–H groups in total. The van der Waals surface area contributed by atoms with Gasteiger partial charge in [0.05, 0.1) is 12.4 Å². The molecule has 0 heterocycles. The maximum absolute atomic E-state index is 11.9. The zero-order valence-electron chi connectivity index (χ0n) is 15.6. The first-order valence-electron chi connectivity index (χ1n) is 9.51. The molecule has 2 atom stereocenters. The molecule has 0 saturated heterocycles. The van der Waals surface area contributed by atoms with Gasteiger partial charge < -0.3 is 9.47 Å². The quantitative estimate of drug-likeness (QED) is 0.729. The molecule has 1 fully saturated rings. The maximum Gasteiger partial charge on any atom is 0.211 e. The molecule has 0 spiro atoms. The molecule has 0 bridgehead atoms. The Hall–Kier alpha value is -2.05. The Kier molecular flexibility index (Phi) is 6.74. The Morgan fingerprint density at radius 1 is 0.963 bits per heavy atom. The van der Waals surface area contributed by atoms with Crippen LogP contribution in [0.4, 0.5) is 0 Å². The van der Waals surface area contributed by atoms with Gasteiger partial charge in [0.15, 0.2) is 0 Å².